The second-order valence-electron chi connectivity index (χ2n) is 5.77. The molecule has 2 aromatic carbocycles. The van der Waals surface area contributed by atoms with Crippen LogP contribution in [0.1, 0.15) is 16.1 Å². The van der Waals surface area contributed by atoms with Gasteiger partial charge >= 0.3 is 0 Å². The van der Waals surface area contributed by atoms with Gasteiger partial charge in [-0.25, -0.2) is 0 Å². The van der Waals surface area contributed by atoms with Crippen LogP contribution < -0.4 is 16.0 Å². The van der Waals surface area contributed by atoms with Crippen LogP contribution in [0.15, 0.2) is 48.5 Å². The lowest BCUT2D eigenvalue weighted by Crippen LogP contribution is -2.37. The monoisotopic (exact) mass is 362 g/mol. The van der Waals surface area contributed by atoms with Crippen LogP contribution in [-0.4, -0.2) is 41.6 Å². The normalized spacial score (nSPS) is 10.2. The lowest BCUT2D eigenvalue weighted by atomic mass is 10.2. The van der Waals surface area contributed by atoms with Crippen molar-refractivity contribution in [3.8, 4) is 6.07 Å². The molecule has 0 aliphatic heterocycles. The SMILES string of the molecule is N#Cc1ccc(NCC(=O)NCCNC(=O)c2n[nH]c3ccccc23)cc1. The molecule has 0 aliphatic rings. The van der Waals surface area contributed by atoms with E-state index in [9.17, 15) is 9.59 Å². The van der Waals surface area contributed by atoms with Crippen molar-refractivity contribution in [1.82, 2.24) is 20.8 Å². The van der Waals surface area contributed by atoms with Gasteiger partial charge in [-0.2, -0.15) is 10.4 Å². The third-order valence-corrected chi connectivity index (χ3v) is 3.89. The minimum Gasteiger partial charge on any atom is -0.376 e. The standard InChI is InChI=1S/C19H18N6O2/c20-11-13-5-7-14(8-6-13)23-12-17(26)21-9-10-22-19(27)18-15-3-1-2-4-16(15)24-25-18/h1-8,23H,9-10,12H2,(H,21,26)(H,22,27)(H,24,25). The van der Waals surface area contributed by atoms with Gasteiger partial charge in [-0.3, -0.25) is 14.7 Å². The van der Waals surface area contributed by atoms with Crippen molar-refractivity contribution in [2.45, 2.75) is 0 Å². The summed E-state index contributed by atoms with van der Waals surface area (Å²) >= 11 is 0. The predicted molar refractivity (Wildman–Crippen MR) is 101 cm³/mol. The molecule has 136 valence electrons. The molecule has 0 bridgehead atoms. The maximum absolute atomic E-state index is 12.2. The van der Waals surface area contributed by atoms with Gasteiger partial charge in [0.15, 0.2) is 5.69 Å². The average molecular weight is 362 g/mol. The zero-order chi connectivity index (χ0) is 19.1. The number of aromatic nitrogens is 2. The van der Waals surface area contributed by atoms with E-state index in [4.69, 9.17) is 5.26 Å². The van der Waals surface area contributed by atoms with E-state index >= 15 is 0 Å². The number of rotatable bonds is 7. The van der Waals surface area contributed by atoms with Crippen LogP contribution >= 0.6 is 0 Å². The smallest absolute Gasteiger partial charge is 0.272 e. The molecule has 0 atom stereocenters. The van der Waals surface area contributed by atoms with E-state index < -0.39 is 0 Å². The van der Waals surface area contributed by atoms with Gasteiger partial charge in [0.2, 0.25) is 5.91 Å². The number of benzene rings is 2. The van der Waals surface area contributed by atoms with Crippen molar-refractivity contribution < 1.29 is 9.59 Å². The molecule has 0 radical (unpaired) electrons. The van der Waals surface area contributed by atoms with E-state index in [1.54, 1.807) is 24.3 Å². The number of aromatic amines is 1. The third-order valence-electron chi connectivity index (χ3n) is 3.89. The number of nitriles is 1. The molecule has 0 fully saturated rings. The Morgan fingerprint density at radius 1 is 1.04 bits per heavy atom. The van der Waals surface area contributed by atoms with Crippen LogP contribution in [0.2, 0.25) is 0 Å². The second kappa shape index (κ2) is 8.49. The molecule has 4 N–H and O–H groups in total. The summed E-state index contributed by atoms with van der Waals surface area (Å²) in [5.41, 5.74) is 2.44. The maximum Gasteiger partial charge on any atom is 0.272 e. The minimum atomic E-state index is -0.294. The first-order valence-corrected chi connectivity index (χ1v) is 8.39. The van der Waals surface area contributed by atoms with E-state index in [1.165, 1.54) is 0 Å². The second-order valence-corrected chi connectivity index (χ2v) is 5.77. The van der Waals surface area contributed by atoms with E-state index in [2.05, 4.69) is 26.1 Å². The summed E-state index contributed by atoms with van der Waals surface area (Å²) in [4.78, 5) is 24.0. The number of hydrogen-bond acceptors (Lipinski definition) is 5. The Balaban J connectivity index is 1.38. The zero-order valence-electron chi connectivity index (χ0n) is 14.5. The Morgan fingerprint density at radius 3 is 2.56 bits per heavy atom. The number of carbonyl (C=O) groups is 2. The van der Waals surface area contributed by atoms with Crippen molar-refractivity contribution >= 4 is 28.4 Å². The van der Waals surface area contributed by atoms with Crippen LogP contribution in [0.4, 0.5) is 5.69 Å². The Kier molecular flexibility index (Phi) is 5.64. The first kappa shape index (κ1) is 17.9. The van der Waals surface area contributed by atoms with Gasteiger partial charge in [0.25, 0.3) is 5.91 Å². The molecular weight excluding hydrogens is 344 g/mol. The number of para-hydroxylation sites is 1. The highest BCUT2D eigenvalue weighted by Gasteiger charge is 2.13. The van der Waals surface area contributed by atoms with Crippen LogP contribution in [-0.2, 0) is 4.79 Å². The first-order valence-electron chi connectivity index (χ1n) is 8.39. The Hall–Kier alpha value is -3.86. The largest absolute Gasteiger partial charge is 0.376 e. The highest BCUT2D eigenvalue weighted by Crippen LogP contribution is 2.14. The minimum absolute atomic E-state index is 0.101. The summed E-state index contributed by atoms with van der Waals surface area (Å²) in [5.74, 6) is -0.490. The molecule has 8 nitrogen and oxygen atoms in total. The summed E-state index contributed by atoms with van der Waals surface area (Å²) in [6.45, 7) is 0.703. The molecule has 1 heterocycles. The number of amides is 2. The summed E-state index contributed by atoms with van der Waals surface area (Å²) in [6, 6.07) is 16.2. The number of H-pyrrole nitrogens is 1. The number of carbonyl (C=O) groups excluding carboxylic acids is 2. The number of nitrogens with zero attached hydrogens (tertiary/aromatic N) is 2. The maximum atomic E-state index is 12.2. The highest BCUT2D eigenvalue weighted by molar-refractivity contribution is 6.04. The van der Waals surface area contributed by atoms with Crippen LogP contribution in [0.5, 0.6) is 0 Å². The molecule has 0 aliphatic carbocycles. The van der Waals surface area contributed by atoms with Crippen molar-refractivity contribution in [3.05, 3.63) is 59.8 Å². The topological polar surface area (TPSA) is 123 Å². The van der Waals surface area contributed by atoms with Gasteiger partial charge in [0, 0.05) is 24.2 Å². The van der Waals surface area contributed by atoms with Crippen LogP contribution in [0.3, 0.4) is 0 Å². The van der Waals surface area contributed by atoms with Crippen LogP contribution in [0, 0.1) is 11.3 Å². The van der Waals surface area contributed by atoms with Crippen molar-refractivity contribution in [1.29, 1.82) is 5.26 Å². The molecule has 8 heteroatoms. The molecule has 0 unspecified atom stereocenters. The lowest BCUT2D eigenvalue weighted by Gasteiger charge is -2.08. The summed E-state index contributed by atoms with van der Waals surface area (Å²) in [7, 11) is 0. The predicted octanol–water partition coefficient (Wildman–Crippen LogP) is 1.39. The molecule has 1 aromatic heterocycles. The van der Waals surface area contributed by atoms with Gasteiger partial charge in [0.1, 0.15) is 0 Å². The molecule has 3 aromatic rings. The van der Waals surface area contributed by atoms with E-state index in [0.717, 1.165) is 16.6 Å². The molecule has 0 saturated carbocycles. The zero-order valence-corrected chi connectivity index (χ0v) is 14.5. The van der Waals surface area contributed by atoms with Gasteiger partial charge < -0.3 is 16.0 Å². The first-order chi connectivity index (χ1) is 13.2. The lowest BCUT2D eigenvalue weighted by molar-refractivity contribution is -0.119. The molecular formula is C19H18N6O2. The fourth-order valence-corrected chi connectivity index (χ4v) is 2.51. The fraction of sp³-hybridized carbons (Fsp3) is 0.158. The summed E-state index contributed by atoms with van der Waals surface area (Å²) < 4.78 is 0. The Labute approximate surface area is 155 Å². The summed E-state index contributed by atoms with van der Waals surface area (Å²) in [6.07, 6.45) is 0. The van der Waals surface area contributed by atoms with Crippen molar-refractivity contribution in [3.63, 3.8) is 0 Å². The van der Waals surface area contributed by atoms with Gasteiger partial charge in [-0.15, -0.1) is 0 Å². The Morgan fingerprint density at radius 2 is 1.78 bits per heavy atom. The van der Waals surface area contributed by atoms with Crippen molar-refractivity contribution in [2.24, 2.45) is 0 Å². The Bertz CT molecular complexity index is 987. The van der Waals surface area contributed by atoms with Gasteiger partial charge in [-0.1, -0.05) is 18.2 Å². The quantitative estimate of drug-likeness (QED) is 0.473. The molecule has 0 saturated heterocycles. The average Bonchev–Trinajstić information content (AvgIpc) is 3.14. The van der Waals surface area contributed by atoms with Crippen LogP contribution in [0.25, 0.3) is 10.9 Å². The fourth-order valence-electron chi connectivity index (χ4n) is 2.51. The van der Waals surface area contributed by atoms with Gasteiger partial charge in [0.05, 0.1) is 23.7 Å². The summed E-state index contributed by atoms with van der Waals surface area (Å²) in [5, 5.41) is 24.8. The molecule has 0 spiro atoms. The molecule has 2 amide bonds. The van der Waals surface area contributed by atoms with Gasteiger partial charge in [-0.05, 0) is 30.3 Å². The van der Waals surface area contributed by atoms with E-state index in [1.807, 2.05) is 30.3 Å². The number of fused-ring (bicyclic) bond motifs is 1. The van der Waals surface area contributed by atoms with E-state index in [-0.39, 0.29) is 18.4 Å². The third kappa shape index (κ3) is 4.61. The van der Waals surface area contributed by atoms with E-state index in [0.29, 0.717) is 24.3 Å². The molecule has 3 rings (SSSR count). The highest BCUT2D eigenvalue weighted by atomic mass is 16.2. The number of anilines is 1. The molecule has 27 heavy (non-hydrogen) atoms. The number of hydrogen-bond donors (Lipinski definition) is 4. The van der Waals surface area contributed by atoms with Crippen molar-refractivity contribution in [2.75, 3.05) is 25.0 Å². The number of nitrogens with one attached hydrogen (secondary N) is 4.